The van der Waals surface area contributed by atoms with Crippen LogP contribution >= 0.6 is 11.3 Å². The molecular formula is C17H16O4S. The summed E-state index contributed by atoms with van der Waals surface area (Å²) < 4.78 is 10.9. The normalized spacial score (nSPS) is 13.0. The minimum Gasteiger partial charge on any atom is -0.486 e. The molecule has 2 heterocycles. The molecule has 1 aliphatic heterocycles. The highest BCUT2D eigenvalue weighted by Crippen LogP contribution is 2.31. The number of carbonyl (C=O) groups excluding carboxylic acids is 2. The third-order valence-electron chi connectivity index (χ3n) is 3.45. The maximum Gasteiger partial charge on any atom is 0.173 e. The number of fused-ring (bicyclic) bond motifs is 1. The lowest BCUT2D eigenvalue weighted by Gasteiger charge is -2.18. The lowest BCUT2D eigenvalue weighted by Crippen LogP contribution is -2.15. The number of Topliss-reactive ketones (excluding diaryl/α,β-unsaturated/α-hetero) is 2. The van der Waals surface area contributed by atoms with Crippen LogP contribution in [-0.2, 0) is 0 Å². The zero-order valence-corrected chi connectivity index (χ0v) is 13.1. The van der Waals surface area contributed by atoms with E-state index in [0.29, 0.717) is 35.2 Å². The fourth-order valence-electron chi connectivity index (χ4n) is 2.29. The Morgan fingerprint density at radius 1 is 1.05 bits per heavy atom. The van der Waals surface area contributed by atoms with Crippen molar-refractivity contribution in [3.05, 3.63) is 45.6 Å². The van der Waals surface area contributed by atoms with Gasteiger partial charge in [-0.2, -0.15) is 0 Å². The molecule has 0 radical (unpaired) electrons. The monoisotopic (exact) mass is 316 g/mol. The second-order valence-corrected chi connectivity index (χ2v) is 6.10. The second kappa shape index (κ2) is 6.32. The van der Waals surface area contributed by atoms with Crippen molar-refractivity contribution in [2.45, 2.75) is 19.8 Å². The van der Waals surface area contributed by atoms with Crippen molar-refractivity contribution in [1.82, 2.24) is 0 Å². The molecule has 4 nitrogen and oxygen atoms in total. The molecule has 3 rings (SSSR count). The molecule has 1 aromatic heterocycles. The van der Waals surface area contributed by atoms with Crippen LogP contribution < -0.4 is 9.47 Å². The van der Waals surface area contributed by atoms with Gasteiger partial charge in [0.1, 0.15) is 13.2 Å². The highest BCUT2D eigenvalue weighted by molar-refractivity contribution is 7.12. The van der Waals surface area contributed by atoms with Crippen LogP contribution in [0, 0.1) is 6.92 Å². The Kier molecular flexibility index (Phi) is 4.24. The fourth-order valence-corrected chi connectivity index (χ4v) is 3.16. The molecule has 0 aliphatic carbocycles. The van der Waals surface area contributed by atoms with Gasteiger partial charge < -0.3 is 9.47 Å². The molecule has 0 bridgehead atoms. The molecule has 0 atom stereocenters. The van der Waals surface area contributed by atoms with Gasteiger partial charge in [0.2, 0.25) is 0 Å². The van der Waals surface area contributed by atoms with Gasteiger partial charge in [0, 0.05) is 18.4 Å². The summed E-state index contributed by atoms with van der Waals surface area (Å²) in [6.45, 7) is 2.96. The van der Waals surface area contributed by atoms with Crippen molar-refractivity contribution in [2.75, 3.05) is 13.2 Å². The van der Waals surface area contributed by atoms with Crippen LogP contribution in [0.2, 0.25) is 0 Å². The molecule has 0 fully saturated rings. The summed E-state index contributed by atoms with van der Waals surface area (Å²) in [6, 6.07) is 7.01. The average molecular weight is 316 g/mol. The Bertz CT molecular complexity index is 717. The van der Waals surface area contributed by atoms with Gasteiger partial charge in [0.15, 0.2) is 23.1 Å². The molecule has 1 aromatic carbocycles. The highest BCUT2D eigenvalue weighted by atomic mass is 32.1. The van der Waals surface area contributed by atoms with Gasteiger partial charge in [-0.05, 0) is 42.1 Å². The molecule has 0 saturated heterocycles. The number of ether oxygens (including phenoxy) is 2. The molecule has 0 spiro atoms. The Morgan fingerprint density at radius 2 is 1.77 bits per heavy atom. The van der Waals surface area contributed by atoms with Crippen molar-refractivity contribution in [1.29, 1.82) is 0 Å². The van der Waals surface area contributed by atoms with Crippen LogP contribution in [-0.4, -0.2) is 24.8 Å². The van der Waals surface area contributed by atoms with Crippen LogP contribution in [0.1, 0.15) is 38.4 Å². The van der Waals surface area contributed by atoms with E-state index in [9.17, 15) is 9.59 Å². The summed E-state index contributed by atoms with van der Waals surface area (Å²) in [4.78, 5) is 25.0. The van der Waals surface area contributed by atoms with E-state index in [1.54, 1.807) is 18.2 Å². The number of hydrogen-bond donors (Lipinski definition) is 0. The second-order valence-electron chi connectivity index (χ2n) is 5.19. The first-order chi connectivity index (χ1) is 10.6. The van der Waals surface area contributed by atoms with Gasteiger partial charge in [-0.15, -0.1) is 11.3 Å². The molecule has 0 unspecified atom stereocenters. The summed E-state index contributed by atoms with van der Waals surface area (Å²) >= 11 is 1.43. The van der Waals surface area contributed by atoms with E-state index < -0.39 is 0 Å². The maximum atomic E-state index is 12.2. The van der Waals surface area contributed by atoms with Crippen LogP contribution in [0.3, 0.4) is 0 Å². The molecule has 0 saturated carbocycles. The van der Waals surface area contributed by atoms with Crippen LogP contribution in [0.5, 0.6) is 11.5 Å². The average Bonchev–Trinajstić information content (AvgIpc) is 2.98. The summed E-state index contributed by atoms with van der Waals surface area (Å²) in [5, 5.41) is 1.94. The Balaban J connectivity index is 1.63. The molecule has 0 amide bonds. The van der Waals surface area contributed by atoms with Crippen molar-refractivity contribution in [3.63, 3.8) is 0 Å². The SMILES string of the molecule is Cc1csc(C(=O)CCC(=O)c2ccc3c(c2)OCCO3)c1. The van der Waals surface area contributed by atoms with Crippen molar-refractivity contribution in [3.8, 4) is 11.5 Å². The van der Waals surface area contributed by atoms with Crippen molar-refractivity contribution < 1.29 is 19.1 Å². The summed E-state index contributed by atoms with van der Waals surface area (Å²) in [5.41, 5.74) is 1.63. The summed E-state index contributed by atoms with van der Waals surface area (Å²) in [5.74, 6) is 1.22. The predicted octanol–water partition coefficient (Wildman–Crippen LogP) is 3.67. The largest absolute Gasteiger partial charge is 0.486 e. The summed E-state index contributed by atoms with van der Waals surface area (Å²) in [7, 11) is 0. The lowest BCUT2D eigenvalue weighted by atomic mass is 10.0. The van der Waals surface area contributed by atoms with Crippen LogP contribution in [0.25, 0.3) is 0 Å². The standard InChI is InChI=1S/C17H16O4S/c1-11-8-17(22-10-11)14(19)4-3-13(18)12-2-5-15-16(9-12)21-7-6-20-15/h2,5,8-10H,3-4,6-7H2,1H3. The van der Waals surface area contributed by atoms with Crippen molar-refractivity contribution in [2.24, 2.45) is 0 Å². The zero-order chi connectivity index (χ0) is 15.5. The third kappa shape index (κ3) is 3.20. The lowest BCUT2D eigenvalue weighted by molar-refractivity contribution is 0.0919. The van der Waals surface area contributed by atoms with E-state index in [1.165, 1.54) is 11.3 Å². The van der Waals surface area contributed by atoms with Gasteiger partial charge >= 0.3 is 0 Å². The van der Waals surface area contributed by atoms with E-state index in [2.05, 4.69) is 0 Å². The zero-order valence-electron chi connectivity index (χ0n) is 12.3. The minimum atomic E-state index is -0.0569. The first-order valence-electron chi connectivity index (χ1n) is 7.14. The minimum absolute atomic E-state index is 0.0176. The van der Waals surface area contributed by atoms with E-state index in [-0.39, 0.29) is 24.4 Å². The number of carbonyl (C=O) groups is 2. The fraction of sp³-hybridized carbons (Fsp3) is 0.294. The number of ketones is 2. The molecule has 114 valence electrons. The van der Waals surface area contributed by atoms with Gasteiger partial charge in [-0.25, -0.2) is 0 Å². The van der Waals surface area contributed by atoms with E-state index in [0.717, 1.165) is 5.56 Å². The predicted molar refractivity (Wildman–Crippen MR) is 84.4 cm³/mol. The number of thiophene rings is 1. The third-order valence-corrected chi connectivity index (χ3v) is 4.54. The van der Waals surface area contributed by atoms with E-state index >= 15 is 0 Å². The Hall–Kier alpha value is -2.14. The van der Waals surface area contributed by atoms with Gasteiger partial charge in [-0.1, -0.05) is 0 Å². The molecule has 5 heteroatoms. The van der Waals surface area contributed by atoms with Gasteiger partial charge in [0.25, 0.3) is 0 Å². The van der Waals surface area contributed by atoms with Crippen LogP contribution in [0.15, 0.2) is 29.6 Å². The number of benzene rings is 1. The number of rotatable bonds is 5. The van der Waals surface area contributed by atoms with Gasteiger partial charge in [-0.3, -0.25) is 9.59 Å². The topological polar surface area (TPSA) is 52.6 Å². The smallest absolute Gasteiger partial charge is 0.173 e. The highest BCUT2D eigenvalue weighted by Gasteiger charge is 2.16. The summed E-state index contributed by atoms with van der Waals surface area (Å²) in [6.07, 6.45) is 0.433. The van der Waals surface area contributed by atoms with Gasteiger partial charge in [0.05, 0.1) is 4.88 Å². The number of hydrogen-bond acceptors (Lipinski definition) is 5. The molecular weight excluding hydrogens is 300 g/mol. The van der Waals surface area contributed by atoms with Crippen molar-refractivity contribution >= 4 is 22.9 Å². The molecule has 2 aromatic rings. The Labute approximate surface area is 132 Å². The van der Waals surface area contributed by atoms with E-state index in [4.69, 9.17) is 9.47 Å². The first-order valence-corrected chi connectivity index (χ1v) is 8.02. The maximum absolute atomic E-state index is 12.2. The number of aryl methyl sites for hydroxylation is 1. The Morgan fingerprint density at radius 3 is 2.50 bits per heavy atom. The first kappa shape index (κ1) is 14.8. The quantitative estimate of drug-likeness (QED) is 0.790. The molecule has 22 heavy (non-hydrogen) atoms. The van der Waals surface area contributed by atoms with E-state index in [1.807, 2.05) is 18.4 Å². The van der Waals surface area contributed by atoms with Crippen LogP contribution in [0.4, 0.5) is 0 Å². The molecule has 0 N–H and O–H groups in total. The molecule has 1 aliphatic rings.